The number of nitrogens with zero attached hydrogens (tertiary/aromatic N) is 1. The highest BCUT2D eigenvalue weighted by Crippen LogP contribution is 2.20. The van der Waals surface area contributed by atoms with E-state index in [9.17, 15) is 9.59 Å². The quantitative estimate of drug-likeness (QED) is 0.757. The Hall–Kier alpha value is -2.05. The van der Waals surface area contributed by atoms with Gasteiger partial charge in [-0.1, -0.05) is 12.1 Å². The minimum absolute atomic E-state index is 0. The van der Waals surface area contributed by atoms with Gasteiger partial charge in [0.1, 0.15) is 0 Å². The van der Waals surface area contributed by atoms with E-state index >= 15 is 0 Å². The van der Waals surface area contributed by atoms with E-state index < -0.39 is 5.69 Å². The Balaban J connectivity index is 0.00000161. The average Bonchev–Trinajstić information content (AvgIpc) is 2.48. The summed E-state index contributed by atoms with van der Waals surface area (Å²) < 4.78 is 0. The molecule has 6 nitrogen and oxygen atoms in total. The number of aromatic nitrogens is 2. The summed E-state index contributed by atoms with van der Waals surface area (Å²) >= 11 is 0. The van der Waals surface area contributed by atoms with Crippen molar-refractivity contribution in [3.05, 3.63) is 51.3 Å². The van der Waals surface area contributed by atoms with Gasteiger partial charge in [-0.15, -0.1) is 12.4 Å². The van der Waals surface area contributed by atoms with Crippen LogP contribution in [0.2, 0.25) is 0 Å². The first-order chi connectivity index (χ1) is 9.74. The van der Waals surface area contributed by atoms with Crippen LogP contribution in [0.4, 0.5) is 5.69 Å². The molecule has 1 aliphatic rings. The Morgan fingerprint density at radius 3 is 2.29 bits per heavy atom. The van der Waals surface area contributed by atoms with E-state index in [0.29, 0.717) is 5.56 Å². The van der Waals surface area contributed by atoms with Crippen molar-refractivity contribution in [2.45, 2.75) is 0 Å². The third kappa shape index (κ3) is 3.34. The molecule has 112 valence electrons. The molecule has 1 saturated heterocycles. The van der Waals surface area contributed by atoms with Crippen LogP contribution in [0, 0.1) is 0 Å². The number of benzene rings is 1. The molecule has 1 aromatic carbocycles. The largest absolute Gasteiger partial charge is 0.369 e. The maximum absolute atomic E-state index is 11.7. The van der Waals surface area contributed by atoms with Gasteiger partial charge in [0.15, 0.2) is 0 Å². The minimum atomic E-state index is -0.490. The van der Waals surface area contributed by atoms with Gasteiger partial charge in [0.05, 0.1) is 5.56 Å². The summed E-state index contributed by atoms with van der Waals surface area (Å²) in [4.78, 5) is 29.8. The smallest absolute Gasteiger partial charge is 0.325 e. The van der Waals surface area contributed by atoms with Crippen molar-refractivity contribution in [3.63, 3.8) is 0 Å². The number of anilines is 1. The highest BCUT2D eigenvalue weighted by molar-refractivity contribution is 5.85. The molecular weight excluding hydrogens is 292 g/mol. The van der Waals surface area contributed by atoms with Crippen molar-refractivity contribution in [1.29, 1.82) is 0 Å². The molecule has 3 rings (SSSR count). The van der Waals surface area contributed by atoms with Crippen LogP contribution >= 0.6 is 12.4 Å². The fourth-order valence-corrected chi connectivity index (χ4v) is 2.40. The highest BCUT2D eigenvalue weighted by atomic mass is 35.5. The number of halogens is 1. The molecule has 21 heavy (non-hydrogen) atoms. The van der Waals surface area contributed by atoms with Gasteiger partial charge in [-0.25, -0.2) is 4.79 Å². The monoisotopic (exact) mass is 308 g/mol. The number of H-pyrrole nitrogens is 2. The van der Waals surface area contributed by atoms with Crippen LogP contribution in [0.3, 0.4) is 0 Å². The Morgan fingerprint density at radius 1 is 1.00 bits per heavy atom. The highest BCUT2D eigenvalue weighted by Gasteiger charge is 2.10. The van der Waals surface area contributed by atoms with Crippen LogP contribution in [-0.2, 0) is 0 Å². The third-order valence-corrected chi connectivity index (χ3v) is 3.48. The normalized spacial score (nSPS) is 14.6. The van der Waals surface area contributed by atoms with E-state index in [1.165, 1.54) is 6.20 Å². The summed E-state index contributed by atoms with van der Waals surface area (Å²) in [7, 11) is 0. The molecule has 0 aliphatic carbocycles. The number of hydrogen-bond donors (Lipinski definition) is 3. The van der Waals surface area contributed by atoms with Crippen molar-refractivity contribution in [1.82, 2.24) is 15.3 Å². The van der Waals surface area contributed by atoms with Gasteiger partial charge < -0.3 is 15.2 Å². The van der Waals surface area contributed by atoms with E-state index in [2.05, 4.69) is 20.2 Å². The fourth-order valence-electron chi connectivity index (χ4n) is 2.40. The average molecular weight is 309 g/mol. The summed E-state index contributed by atoms with van der Waals surface area (Å²) in [5.74, 6) is 0. The maximum atomic E-state index is 11.7. The molecule has 3 N–H and O–H groups in total. The number of aromatic amines is 2. The molecule has 1 aromatic heterocycles. The molecule has 7 heteroatoms. The first kappa shape index (κ1) is 15.3. The van der Waals surface area contributed by atoms with Crippen molar-refractivity contribution >= 4 is 18.1 Å². The zero-order chi connectivity index (χ0) is 13.9. The molecule has 0 atom stereocenters. The van der Waals surface area contributed by atoms with Gasteiger partial charge in [-0.2, -0.15) is 0 Å². The van der Waals surface area contributed by atoms with E-state index in [0.717, 1.165) is 37.4 Å². The Morgan fingerprint density at radius 2 is 1.67 bits per heavy atom. The summed E-state index contributed by atoms with van der Waals surface area (Å²) in [5.41, 5.74) is 1.55. The van der Waals surface area contributed by atoms with E-state index in [-0.39, 0.29) is 18.0 Å². The van der Waals surface area contributed by atoms with Gasteiger partial charge >= 0.3 is 5.69 Å². The van der Waals surface area contributed by atoms with Crippen LogP contribution in [-0.4, -0.2) is 36.1 Å². The van der Waals surface area contributed by atoms with Crippen molar-refractivity contribution in [2.24, 2.45) is 0 Å². The van der Waals surface area contributed by atoms with E-state index in [1.54, 1.807) is 0 Å². The summed E-state index contributed by atoms with van der Waals surface area (Å²) in [6.45, 7) is 3.94. The van der Waals surface area contributed by atoms with Crippen LogP contribution < -0.4 is 21.5 Å². The molecule has 0 amide bonds. The van der Waals surface area contributed by atoms with E-state index in [1.807, 2.05) is 24.3 Å². The van der Waals surface area contributed by atoms with Gasteiger partial charge in [0.2, 0.25) is 0 Å². The SMILES string of the molecule is Cl.O=c1[nH]cc(-c2ccc(N3CCNCC3)cc2)c(=O)[nH]1. The molecule has 0 saturated carbocycles. The van der Waals surface area contributed by atoms with Gasteiger partial charge in [-0.3, -0.25) is 9.78 Å². The number of hydrogen-bond acceptors (Lipinski definition) is 4. The molecule has 1 aliphatic heterocycles. The number of nitrogens with one attached hydrogen (secondary N) is 3. The van der Waals surface area contributed by atoms with E-state index in [4.69, 9.17) is 0 Å². The second-order valence-corrected chi connectivity index (χ2v) is 4.77. The Bertz CT molecular complexity index is 702. The van der Waals surface area contributed by atoms with Crippen LogP contribution in [0.25, 0.3) is 11.1 Å². The Labute approximate surface area is 127 Å². The Kier molecular flexibility index (Phi) is 4.82. The summed E-state index contributed by atoms with van der Waals surface area (Å²) in [6, 6.07) is 7.82. The lowest BCUT2D eigenvalue weighted by atomic mass is 10.1. The molecular formula is C14H17ClN4O2. The molecule has 2 heterocycles. The van der Waals surface area contributed by atoms with Crippen molar-refractivity contribution < 1.29 is 0 Å². The third-order valence-electron chi connectivity index (χ3n) is 3.48. The predicted octanol–water partition coefficient (Wildman–Crippen LogP) is 0.562. The molecule has 2 aromatic rings. The van der Waals surface area contributed by atoms with Gasteiger partial charge in [0, 0.05) is 38.1 Å². The molecule has 0 bridgehead atoms. The molecule has 1 fully saturated rings. The van der Waals surface area contributed by atoms with Crippen LogP contribution in [0.1, 0.15) is 0 Å². The maximum Gasteiger partial charge on any atom is 0.325 e. The van der Waals surface area contributed by atoms with Crippen LogP contribution in [0.5, 0.6) is 0 Å². The lowest BCUT2D eigenvalue weighted by Crippen LogP contribution is -2.43. The van der Waals surface area contributed by atoms with Gasteiger partial charge in [-0.05, 0) is 17.7 Å². The standard InChI is InChI=1S/C14H16N4O2.ClH/c19-13-12(9-16-14(20)17-13)10-1-3-11(4-2-10)18-7-5-15-6-8-18;/h1-4,9,15H,5-8H2,(H2,16,17,19,20);1H. The summed E-state index contributed by atoms with van der Waals surface area (Å²) in [5, 5.41) is 3.31. The van der Waals surface area contributed by atoms with Crippen molar-refractivity contribution in [3.8, 4) is 11.1 Å². The fraction of sp³-hybridized carbons (Fsp3) is 0.286. The minimum Gasteiger partial charge on any atom is -0.369 e. The lowest BCUT2D eigenvalue weighted by Gasteiger charge is -2.29. The topological polar surface area (TPSA) is 81.0 Å². The first-order valence-electron chi connectivity index (χ1n) is 6.62. The lowest BCUT2D eigenvalue weighted by molar-refractivity contribution is 0.589. The summed E-state index contributed by atoms with van der Waals surface area (Å²) in [6.07, 6.45) is 1.45. The molecule has 0 unspecified atom stereocenters. The predicted molar refractivity (Wildman–Crippen MR) is 85.5 cm³/mol. The van der Waals surface area contributed by atoms with Crippen molar-refractivity contribution in [2.75, 3.05) is 31.1 Å². The molecule has 0 radical (unpaired) electrons. The number of rotatable bonds is 2. The zero-order valence-corrected chi connectivity index (χ0v) is 12.2. The number of piperazine rings is 1. The first-order valence-corrected chi connectivity index (χ1v) is 6.62. The van der Waals surface area contributed by atoms with Crippen LogP contribution in [0.15, 0.2) is 40.1 Å². The second-order valence-electron chi connectivity index (χ2n) is 4.77. The molecule has 0 spiro atoms. The zero-order valence-electron chi connectivity index (χ0n) is 11.4. The van der Waals surface area contributed by atoms with Gasteiger partial charge in [0.25, 0.3) is 5.56 Å². The second kappa shape index (κ2) is 6.60.